The summed E-state index contributed by atoms with van der Waals surface area (Å²) in [5.74, 6) is -0.524. The van der Waals surface area contributed by atoms with Crippen LogP contribution in [0.1, 0.15) is 19.4 Å². The first kappa shape index (κ1) is 15.2. The maximum atomic E-state index is 12.9. The smallest absolute Gasteiger partial charge is 0.398 e. The predicted molar refractivity (Wildman–Crippen MR) is 74.3 cm³/mol. The fourth-order valence-electron chi connectivity index (χ4n) is 2.13. The molecule has 1 aromatic heterocycles. The van der Waals surface area contributed by atoms with E-state index in [0.717, 1.165) is 12.1 Å². The number of carbonyl (C=O) groups is 1. The van der Waals surface area contributed by atoms with Gasteiger partial charge >= 0.3 is 6.18 Å². The van der Waals surface area contributed by atoms with Gasteiger partial charge in [-0.05, 0) is 32.0 Å². The quantitative estimate of drug-likeness (QED) is 0.855. The summed E-state index contributed by atoms with van der Waals surface area (Å²) in [6, 6.07) is 3.57. The molecular formula is C14H16F3N3O. The Morgan fingerprint density at radius 2 is 1.90 bits per heavy atom. The van der Waals surface area contributed by atoms with Crippen LogP contribution in [0.25, 0.3) is 10.9 Å². The summed E-state index contributed by atoms with van der Waals surface area (Å²) in [7, 11) is 0. The van der Waals surface area contributed by atoms with Gasteiger partial charge in [0.25, 0.3) is 0 Å². The zero-order valence-electron chi connectivity index (χ0n) is 11.7. The fourth-order valence-corrected chi connectivity index (χ4v) is 2.13. The van der Waals surface area contributed by atoms with Gasteiger partial charge in [-0.25, -0.2) is 0 Å². The molecule has 114 valence electrons. The van der Waals surface area contributed by atoms with Crippen molar-refractivity contribution in [3.8, 4) is 0 Å². The molecule has 0 atom stereocenters. The number of amides is 1. The lowest BCUT2D eigenvalue weighted by atomic mass is 9.92. The lowest BCUT2D eigenvalue weighted by molar-refractivity contribution is -0.137. The number of hydrogen-bond acceptors (Lipinski definition) is 2. The van der Waals surface area contributed by atoms with Gasteiger partial charge in [0.05, 0.1) is 16.5 Å². The van der Waals surface area contributed by atoms with Crippen LogP contribution in [0.2, 0.25) is 0 Å². The number of rotatable bonds is 3. The molecule has 2 rings (SSSR count). The van der Waals surface area contributed by atoms with E-state index in [2.05, 4.69) is 0 Å². The topological polar surface area (TPSA) is 74.0 Å². The van der Waals surface area contributed by atoms with Crippen LogP contribution in [-0.2, 0) is 17.5 Å². The van der Waals surface area contributed by atoms with Crippen molar-refractivity contribution < 1.29 is 18.0 Å². The van der Waals surface area contributed by atoms with Crippen molar-refractivity contribution in [3.05, 3.63) is 30.0 Å². The lowest BCUT2D eigenvalue weighted by Gasteiger charge is -2.22. The highest BCUT2D eigenvalue weighted by Gasteiger charge is 2.32. The van der Waals surface area contributed by atoms with E-state index < -0.39 is 23.1 Å². The van der Waals surface area contributed by atoms with Gasteiger partial charge in [-0.1, -0.05) is 0 Å². The first-order chi connectivity index (χ1) is 9.52. The van der Waals surface area contributed by atoms with Gasteiger partial charge in [-0.2, -0.15) is 13.2 Å². The average Bonchev–Trinajstić information content (AvgIpc) is 2.71. The molecule has 1 heterocycles. The van der Waals surface area contributed by atoms with E-state index in [0.29, 0.717) is 10.9 Å². The van der Waals surface area contributed by atoms with Crippen LogP contribution in [0.15, 0.2) is 24.4 Å². The molecule has 7 heteroatoms. The minimum absolute atomic E-state index is 0.0513. The van der Waals surface area contributed by atoms with Gasteiger partial charge in [0, 0.05) is 23.8 Å². The number of nitrogens with two attached hydrogens (primary N) is 2. The number of halogens is 3. The minimum Gasteiger partial charge on any atom is -0.398 e. The Bertz CT molecular complexity index is 701. The van der Waals surface area contributed by atoms with E-state index in [1.54, 1.807) is 30.7 Å². The molecule has 0 saturated carbocycles. The van der Waals surface area contributed by atoms with Crippen molar-refractivity contribution in [2.45, 2.75) is 26.6 Å². The van der Waals surface area contributed by atoms with Crippen molar-refractivity contribution in [2.24, 2.45) is 11.1 Å². The summed E-state index contributed by atoms with van der Waals surface area (Å²) in [4.78, 5) is 11.4. The Morgan fingerprint density at radius 3 is 2.43 bits per heavy atom. The molecule has 4 N–H and O–H groups in total. The second kappa shape index (κ2) is 4.68. The number of primary amides is 1. The van der Waals surface area contributed by atoms with Crippen LogP contribution in [0, 0.1) is 5.41 Å². The summed E-state index contributed by atoms with van der Waals surface area (Å²) >= 11 is 0. The van der Waals surface area contributed by atoms with Crippen molar-refractivity contribution in [2.75, 3.05) is 5.73 Å². The second-order valence-corrected chi connectivity index (χ2v) is 5.69. The van der Waals surface area contributed by atoms with Crippen LogP contribution >= 0.6 is 0 Å². The fraction of sp³-hybridized carbons (Fsp3) is 0.357. The molecule has 0 aliphatic carbocycles. The van der Waals surface area contributed by atoms with E-state index in [-0.39, 0.29) is 12.2 Å². The number of hydrogen-bond donors (Lipinski definition) is 2. The predicted octanol–water partition coefficient (Wildman–Crippen LogP) is 2.75. The van der Waals surface area contributed by atoms with E-state index in [4.69, 9.17) is 11.5 Å². The molecule has 21 heavy (non-hydrogen) atoms. The van der Waals surface area contributed by atoms with Crippen molar-refractivity contribution in [1.82, 2.24) is 4.57 Å². The van der Waals surface area contributed by atoms with Crippen LogP contribution in [0.5, 0.6) is 0 Å². The van der Waals surface area contributed by atoms with E-state index in [1.807, 2.05) is 0 Å². The molecule has 1 amide bonds. The number of anilines is 1. The van der Waals surface area contributed by atoms with E-state index in [9.17, 15) is 18.0 Å². The summed E-state index contributed by atoms with van der Waals surface area (Å²) in [6.45, 7) is 3.45. The third kappa shape index (κ3) is 2.81. The number of nitrogen functional groups attached to an aromatic ring is 1. The molecule has 0 bridgehead atoms. The zero-order valence-corrected chi connectivity index (χ0v) is 11.7. The van der Waals surface area contributed by atoms with Gasteiger partial charge in [-0.15, -0.1) is 0 Å². The van der Waals surface area contributed by atoms with Crippen molar-refractivity contribution in [3.63, 3.8) is 0 Å². The molecule has 4 nitrogen and oxygen atoms in total. The number of benzene rings is 1. The van der Waals surface area contributed by atoms with Crippen molar-refractivity contribution >= 4 is 22.5 Å². The summed E-state index contributed by atoms with van der Waals surface area (Å²) in [5, 5.41) is 0.517. The molecular weight excluding hydrogens is 283 g/mol. The minimum atomic E-state index is -4.48. The summed E-state index contributed by atoms with van der Waals surface area (Å²) < 4.78 is 40.1. The van der Waals surface area contributed by atoms with Gasteiger partial charge in [0.1, 0.15) is 0 Å². The molecule has 0 aliphatic heterocycles. The van der Waals surface area contributed by atoms with Gasteiger partial charge in [0.15, 0.2) is 0 Å². The molecule has 0 fully saturated rings. The van der Waals surface area contributed by atoms with Gasteiger partial charge in [0.2, 0.25) is 5.91 Å². The molecule has 0 spiro atoms. The van der Waals surface area contributed by atoms with E-state index in [1.165, 1.54) is 0 Å². The molecule has 2 aromatic rings. The van der Waals surface area contributed by atoms with Crippen LogP contribution < -0.4 is 11.5 Å². The monoisotopic (exact) mass is 299 g/mol. The number of carbonyl (C=O) groups excluding carboxylic acids is 1. The summed E-state index contributed by atoms with van der Waals surface area (Å²) in [5.41, 5.74) is 9.67. The molecule has 0 aliphatic rings. The van der Waals surface area contributed by atoms with Gasteiger partial charge in [-0.3, -0.25) is 4.79 Å². The second-order valence-electron chi connectivity index (χ2n) is 5.69. The van der Waals surface area contributed by atoms with Crippen LogP contribution in [0.3, 0.4) is 0 Å². The highest BCUT2D eigenvalue weighted by atomic mass is 19.4. The molecule has 0 saturated heterocycles. The van der Waals surface area contributed by atoms with E-state index >= 15 is 0 Å². The number of alkyl halides is 3. The number of nitrogens with zero attached hydrogens (tertiary/aromatic N) is 1. The Balaban J connectivity index is 2.57. The normalized spacial score (nSPS) is 12.8. The first-order valence-corrected chi connectivity index (χ1v) is 6.28. The van der Waals surface area contributed by atoms with Crippen LogP contribution in [0.4, 0.5) is 18.9 Å². The Hall–Kier alpha value is -2.18. The third-order valence-corrected chi connectivity index (χ3v) is 3.48. The third-order valence-electron chi connectivity index (χ3n) is 3.48. The standard InChI is InChI=1S/C14H16F3N3O/c1-13(2,12(19)21)7-20-4-3-9-10(18)5-8(6-11(9)20)14(15,16)17/h3-6H,7,18H2,1-2H3,(H2,19,21). The maximum Gasteiger partial charge on any atom is 0.416 e. The highest BCUT2D eigenvalue weighted by Crippen LogP contribution is 2.35. The zero-order chi connectivity index (χ0) is 16.0. The largest absolute Gasteiger partial charge is 0.416 e. The lowest BCUT2D eigenvalue weighted by Crippen LogP contribution is -2.35. The Labute approximate surface area is 119 Å². The molecule has 0 radical (unpaired) electrons. The first-order valence-electron chi connectivity index (χ1n) is 6.28. The van der Waals surface area contributed by atoms with Crippen LogP contribution in [-0.4, -0.2) is 10.5 Å². The summed E-state index contributed by atoms with van der Waals surface area (Å²) in [6.07, 6.45) is -2.87. The molecule has 0 unspecified atom stereocenters. The SMILES string of the molecule is CC(C)(Cn1ccc2c(N)cc(C(F)(F)F)cc21)C(N)=O. The number of fused-ring (bicyclic) bond motifs is 1. The molecule has 1 aromatic carbocycles. The number of aromatic nitrogens is 1. The highest BCUT2D eigenvalue weighted by molar-refractivity contribution is 5.92. The average molecular weight is 299 g/mol. The Morgan fingerprint density at radius 1 is 1.29 bits per heavy atom. The van der Waals surface area contributed by atoms with Gasteiger partial charge < -0.3 is 16.0 Å². The Kier molecular flexibility index (Phi) is 3.39. The maximum absolute atomic E-state index is 12.9. The van der Waals surface area contributed by atoms with Crippen molar-refractivity contribution in [1.29, 1.82) is 0 Å².